The van der Waals surface area contributed by atoms with Crippen molar-refractivity contribution in [2.45, 2.75) is 20.3 Å². The second-order valence-electron chi connectivity index (χ2n) is 5.16. The molecule has 2 aromatic rings. The summed E-state index contributed by atoms with van der Waals surface area (Å²) in [5.74, 6) is -0.196. The van der Waals surface area contributed by atoms with Crippen LogP contribution in [0.1, 0.15) is 22.3 Å². The van der Waals surface area contributed by atoms with Gasteiger partial charge in [-0.2, -0.15) is 0 Å². The highest BCUT2D eigenvalue weighted by Crippen LogP contribution is 2.18. The number of aryl methyl sites for hydroxylation is 2. The Morgan fingerprint density at radius 1 is 1.19 bits per heavy atom. The van der Waals surface area contributed by atoms with Crippen molar-refractivity contribution in [3.05, 3.63) is 64.5 Å². The Hall–Kier alpha value is -1.94. The van der Waals surface area contributed by atoms with Crippen LogP contribution in [0.5, 0.6) is 0 Å². The SMILES string of the molecule is Cc1ccc(NCCc2ccc(F)cc2C)c(C(N)=S)c1. The number of hydrogen-bond donors (Lipinski definition) is 2. The third kappa shape index (κ3) is 4.02. The van der Waals surface area contributed by atoms with Gasteiger partial charge in [-0.1, -0.05) is 29.9 Å². The van der Waals surface area contributed by atoms with Gasteiger partial charge in [0.25, 0.3) is 0 Å². The van der Waals surface area contributed by atoms with Crippen molar-refractivity contribution in [2.75, 3.05) is 11.9 Å². The van der Waals surface area contributed by atoms with Crippen molar-refractivity contribution in [3.63, 3.8) is 0 Å². The molecule has 2 nitrogen and oxygen atoms in total. The monoisotopic (exact) mass is 302 g/mol. The molecule has 0 spiro atoms. The van der Waals surface area contributed by atoms with E-state index in [4.69, 9.17) is 18.0 Å². The van der Waals surface area contributed by atoms with Crippen LogP contribution in [0.3, 0.4) is 0 Å². The van der Waals surface area contributed by atoms with Crippen molar-refractivity contribution >= 4 is 22.9 Å². The summed E-state index contributed by atoms with van der Waals surface area (Å²) in [6.45, 7) is 4.67. The van der Waals surface area contributed by atoms with Crippen LogP contribution in [0.25, 0.3) is 0 Å². The van der Waals surface area contributed by atoms with Crippen LogP contribution in [-0.4, -0.2) is 11.5 Å². The van der Waals surface area contributed by atoms with Gasteiger partial charge in [-0.25, -0.2) is 4.39 Å². The van der Waals surface area contributed by atoms with Crippen LogP contribution in [-0.2, 0) is 6.42 Å². The zero-order valence-electron chi connectivity index (χ0n) is 12.2. The molecular weight excluding hydrogens is 283 g/mol. The lowest BCUT2D eigenvalue weighted by Crippen LogP contribution is -2.15. The molecule has 110 valence electrons. The predicted molar refractivity (Wildman–Crippen MR) is 90.4 cm³/mol. The number of thiocarbonyl (C=S) groups is 1. The maximum absolute atomic E-state index is 13.1. The highest BCUT2D eigenvalue weighted by Gasteiger charge is 2.06. The molecule has 21 heavy (non-hydrogen) atoms. The first-order valence-corrected chi connectivity index (χ1v) is 7.27. The highest BCUT2D eigenvalue weighted by molar-refractivity contribution is 7.80. The lowest BCUT2D eigenvalue weighted by Gasteiger charge is -2.13. The fourth-order valence-electron chi connectivity index (χ4n) is 2.29. The molecule has 4 heteroatoms. The number of hydrogen-bond acceptors (Lipinski definition) is 2. The lowest BCUT2D eigenvalue weighted by atomic mass is 10.1. The largest absolute Gasteiger partial charge is 0.389 e. The Bertz CT molecular complexity index is 668. The Labute approximate surface area is 130 Å². The van der Waals surface area contributed by atoms with Gasteiger partial charge in [0.15, 0.2) is 0 Å². The minimum Gasteiger partial charge on any atom is -0.389 e. The van der Waals surface area contributed by atoms with Gasteiger partial charge in [0.1, 0.15) is 10.8 Å². The molecule has 0 aromatic heterocycles. The predicted octanol–water partition coefficient (Wildman–Crippen LogP) is 3.73. The van der Waals surface area contributed by atoms with Crippen LogP contribution in [0.2, 0.25) is 0 Å². The van der Waals surface area contributed by atoms with E-state index in [-0.39, 0.29) is 5.82 Å². The van der Waals surface area contributed by atoms with Crippen molar-refractivity contribution in [2.24, 2.45) is 5.73 Å². The maximum atomic E-state index is 13.1. The standard InChI is InChI=1S/C17H19FN2S/c1-11-3-6-16(15(9-11)17(19)21)20-8-7-13-4-5-14(18)10-12(13)2/h3-6,9-10,20H,7-8H2,1-2H3,(H2,19,21). The molecule has 0 fully saturated rings. The van der Waals surface area contributed by atoms with Crippen molar-refractivity contribution in [1.29, 1.82) is 0 Å². The second kappa shape index (κ2) is 6.68. The number of nitrogens with two attached hydrogens (primary N) is 1. The number of nitrogens with one attached hydrogen (secondary N) is 1. The van der Waals surface area contributed by atoms with Gasteiger partial charge in [-0.3, -0.25) is 0 Å². The van der Waals surface area contributed by atoms with Gasteiger partial charge in [-0.15, -0.1) is 0 Å². The topological polar surface area (TPSA) is 38.0 Å². The summed E-state index contributed by atoms with van der Waals surface area (Å²) in [6, 6.07) is 10.9. The molecule has 2 rings (SSSR count). The molecule has 0 saturated heterocycles. The van der Waals surface area contributed by atoms with Crippen molar-refractivity contribution in [3.8, 4) is 0 Å². The van der Waals surface area contributed by atoms with Gasteiger partial charge in [-0.05, 0) is 55.7 Å². The molecule has 0 bridgehead atoms. The van der Waals surface area contributed by atoms with Crippen LogP contribution >= 0.6 is 12.2 Å². The zero-order chi connectivity index (χ0) is 15.4. The molecular formula is C17H19FN2S. The summed E-state index contributed by atoms with van der Waals surface area (Å²) in [6.07, 6.45) is 0.816. The molecule has 2 aromatic carbocycles. The molecule has 0 unspecified atom stereocenters. The van der Waals surface area contributed by atoms with Gasteiger partial charge in [0, 0.05) is 17.8 Å². The Morgan fingerprint density at radius 3 is 2.62 bits per heavy atom. The summed E-state index contributed by atoms with van der Waals surface area (Å²) in [4.78, 5) is 0.388. The highest BCUT2D eigenvalue weighted by atomic mass is 32.1. The molecule has 0 aliphatic carbocycles. The quantitative estimate of drug-likeness (QED) is 0.827. The van der Waals surface area contributed by atoms with E-state index < -0.39 is 0 Å². The number of benzene rings is 2. The normalized spacial score (nSPS) is 10.4. The fourth-order valence-corrected chi connectivity index (χ4v) is 2.46. The van der Waals surface area contributed by atoms with E-state index in [0.717, 1.165) is 40.9 Å². The van der Waals surface area contributed by atoms with Gasteiger partial charge >= 0.3 is 0 Å². The molecule has 0 aliphatic heterocycles. The van der Waals surface area contributed by atoms with Crippen LogP contribution in [0.4, 0.5) is 10.1 Å². The van der Waals surface area contributed by atoms with E-state index in [9.17, 15) is 4.39 Å². The third-order valence-corrected chi connectivity index (χ3v) is 3.67. The van der Waals surface area contributed by atoms with Crippen LogP contribution in [0.15, 0.2) is 36.4 Å². The first-order chi connectivity index (χ1) is 9.97. The third-order valence-electron chi connectivity index (χ3n) is 3.45. The summed E-state index contributed by atoms with van der Waals surface area (Å²) >= 11 is 5.08. The lowest BCUT2D eigenvalue weighted by molar-refractivity contribution is 0.625. The Kier molecular flexibility index (Phi) is 4.91. The molecule has 0 heterocycles. The zero-order valence-corrected chi connectivity index (χ0v) is 13.1. The van der Waals surface area contributed by atoms with E-state index in [0.29, 0.717) is 4.99 Å². The minimum atomic E-state index is -0.196. The summed E-state index contributed by atoms with van der Waals surface area (Å²) in [7, 11) is 0. The molecule has 3 N–H and O–H groups in total. The smallest absolute Gasteiger partial charge is 0.123 e. The summed E-state index contributed by atoms with van der Waals surface area (Å²) < 4.78 is 13.1. The van der Waals surface area contributed by atoms with Crippen molar-refractivity contribution < 1.29 is 4.39 Å². The average molecular weight is 302 g/mol. The molecule has 0 amide bonds. The van der Waals surface area contributed by atoms with Gasteiger partial charge in [0.2, 0.25) is 0 Å². The molecule has 0 radical (unpaired) electrons. The van der Waals surface area contributed by atoms with Gasteiger partial charge < -0.3 is 11.1 Å². The average Bonchev–Trinajstić information content (AvgIpc) is 2.42. The van der Waals surface area contributed by atoms with Crippen molar-refractivity contribution in [1.82, 2.24) is 0 Å². The number of anilines is 1. The molecule has 0 aliphatic rings. The van der Waals surface area contributed by atoms with E-state index >= 15 is 0 Å². The van der Waals surface area contributed by atoms with E-state index in [1.807, 2.05) is 38.1 Å². The van der Waals surface area contributed by atoms with E-state index in [2.05, 4.69) is 5.32 Å². The van der Waals surface area contributed by atoms with E-state index in [1.54, 1.807) is 6.07 Å². The Morgan fingerprint density at radius 2 is 1.95 bits per heavy atom. The number of rotatable bonds is 5. The fraction of sp³-hybridized carbons (Fsp3) is 0.235. The van der Waals surface area contributed by atoms with E-state index in [1.165, 1.54) is 6.07 Å². The van der Waals surface area contributed by atoms with Crippen LogP contribution < -0.4 is 11.1 Å². The summed E-state index contributed by atoms with van der Waals surface area (Å²) in [5, 5.41) is 3.35. The first kappa shape index (κ1) is 15.4. The van der Waals surface area contributed by atoms with Gasteiger partial charge in [0.05, 0.1) is 0 Å². The van der Waals surface area contributed by atoms with Crippen LogP contribution in [0, 0.1) is 19.7 Å². The maximum Gasteiger partial charge on any atom is 0.123 e. The Balaban J connectivity index is 2.05. The number of halogens is 1. The first-order valence-electron chi connectivity index (χ1n) is 6.86. The second-order valence-corrected chi connectivity index (χ2v) is 5.60. The minimum absolute atomic E-state index is 0.196. The molecule has 0 atom stereocenters. The molecule has 0 saturated carbocycles. The summed E-state index contributed by atoms with van der Waals surface area (Å²) in [5.41, 5.74) is 10.8.